The second-order valence-corrected chi connectivity index (χ2v) is 12.6. The summed E-state index contributed by atoms with van der Waals surface area (Å²) in [6.07, 6.45) is 1.47. The van der Waals surface area contributed by atoms with Crippen LogP contribution in [0.3, 0.4) is 0 Å². The van der Waals surface area contributed by atoms with Gasteiger partial charge < -0.3 is 26.0 Å². The number of aliphatic hydroxyl groups is 1. The van der Waals surface area contributed by atoms with Gasteiger partial charge in [0.25, 0.3) is 11.8 Å². The first-order valence-electron chi connectivity index (χ1n) is 14.0. The standard InChI is InChI=1S/C32H37N5O5S/c1-21-9-7-8-12-24(21)18-34-30(41)28-32(2,3)43-20-37(28)31(42)27(39)25(17-22-10-5-4-6-11-22)36-26(38)19-35-29(40)23-13-15-33-16-14-23/h4-16,25,27-28,39H,17-20H2,1-3H3,(H,34,41)(H,35,40)(H,36,38)/t25-,27-,28+/m0/s1. The van der Waals surface area contributed by atoms with Crippen molar-refractivity contribution in [3.8, 4) is 0 Å². The van der Waals surface area contributed by atoms with Crippen LogP contribution >= 0.6 is 11.8 Å². The third-order valence-electron chi connectivity index (χ3n) is 7.42. The molecule has 0 spiro atoms. The van der Waals surface area contributed by atoms with E-state index in [1.165, 1.54) is 41.2 Å². The first kappa shape index (κ1) is 31.7. The van der Waals surface area contributed by atoms with E-state index in [1.54, 1.807) is 0 Å². The molecule has 1 aliphatic rings. The van der Waals surface area contributed by atoms with E-state index in [9.17, 15) is 24.3 Å². The second-order valence-electron chi connectivity index (χ2n) is 11.0. The summed E-state index contributed by atoms with van der Waals surface area (Å²) in [4.78, 5) is 57.8. The number of aryl methyl sites for hydroxylation is 1. The van der Waals surface area contributed by atoms with Crippen molar-refractivity contribution in [2.24, 2.45) is 0 Å². The van der Waals surface area contributed by atoms with Gasteiger partial charge in [-0.05, 0) is 56.0 Å². The van der Waals surface area contributed by atoms with E-state index >= 15 is 0 Å². The van der Waals surface area contributed by atoms with Crippen molar-refractivity contribution >= 4 is 35.4 Å². The summed E-state index contributed by atoms with van der Waals surface area (Å²) < 4.78 is -0.611. The molecule has 0 bridgehead atoms. The Hall–Kier alpha value is -4.22. The molecule has 226 valence electrons. The van der Waals surface area contributed by atoms with Crippen LogP contribution in [0.4, 0.5) is 0 Å². The minimum Gasteiger partial charge on any atom is -0.381 e. The summed E-state index contributed by atoms with van der Waals surface area (Å²) in [5.41, 5.74) is 3.16. The first-order valence-corrected chi connectivity index (χ1v) is 15.0. The zero-order valence-corrected chi connectivity index (χ0v) is 25.3. The van der Waals surface area contributed by atoms with E-state index in [4.69, 9.17) is 0 Å². The maximum absolute atomic E-state index is 13.8. The lowest BCUT2D eigenvalue weighted by Gasteiger charge is -2.33. The van der Waals surface area contributed by atoms with Crippen molar-refractivity contribution in [3.05, 3.63) is 101 Å². The van der Waals surface area contributed by atoms with Crippen molar-refractivity contribution in [1.82, 2.24) is 25.8 Å². The van der Waals surface area contributed by atoms with E-state index in [0.717, 1.165) is 16.7 Å². The van der Waals surface area contributed by atoms with Crippen LogP contribution in [0.5, 0.6) is 0 Å². The molecule has 4 rings (SSSR count). The molecule has 2 aromatic carbocycles. The highest BCUT2D eigenvalue weighted by Crippen LogP contribution is 2.40. The molecule has 4 N–H and O–H groups in total. The van der Waals surface area contributed by atoms with Crippen molar-refractivity contribution in [2.75, 3.05) is 12.4 Å². The Balaban J connectivity index is 1.47. The SMILES string of the molecule is Cc1ccccc1CNC(=O)[C@H]1N(C(=O)[C@@H](O)[C@H](Cc2ccccc2)NC(=O)CNC(=O)c2ccncc2)CSC1(C)C. The molecule has 0 aliphatic carbocycles. The lowest BCUT2D eigenvalue weighted by Crippen LogP contribution is -2.59. The van der Waals surface area contributed by atoms with Gasteiger partial charge in [0, 0.05) is 29.2 Å². The number of hydrogen-bond acceptors (Lipinski definition) is 7. The van der Waals surface area contributed by atoms with E-state index in [0.29, 0.717) is 12.1 Å². The molecule has 11 heteroatoms. The smallest absolute Gasteiger partial charge is 0.254 e. The highest BCUT2D eigenvalue weighted by atomic mass is 32.2. The number of nitrogens with one attached hydrogen (secondary N) is 3. The Labute approximate surface area is 255 Å². The topological polar surface area (TPSA) is 141 Å². The fraction of sp³-hybridized carbons (Fsp3) is 0.344. The van der Waals surface area contributed by atoms with Gasteiger partial charge in [-0.1, -0.05) is 54.6 Å². The number of nitrogens with zero attached hydrogens (tertiary/aromatic N) is 2. The molecule has 2 heterocycles. The number of rotatable bonds is 11. The minimum absolute atomic E-state index is 0.159. The quantitative estimate of drug-likeness (QED) is 0.263. The third-order valence-corrected chi connectivity index (χ3v) is 8.80. The number of benzene rings is 2. The number of pyridine rings is 1. The van der Waals surface area contributed by atoms with Gasteiger partial charge in [-0.25, -0.2) is 0 Å². The summed E-state index contributed by atoms with van der Waals surface area (Å²) in [5.74, 6) is -1.79. The van der Waals surface area contributed by atoms with Gasteiger partial charge in [-0.3, -0.25) is 24.2 Å². The van der Waals surface area contributed by atoms with Crippen molar-refractivity contribution < 1.29 is 24.3 Å². The molecule has 1 aliphatic heterocycles. The summed E-state index contributed by atoms with van der Waals surface area (Å²) in [5, 5.41) is 19.6. The van der Waals surface area contributed by atoms with Gasteiger partial charge >= 0.3 is 0 Å². The third kappa shape index (κ3) is 8.20. The molecule has 3 atom stereocenters. The van der Waals surface area contributed by atoms with Gasteiger partial charge in [-0.2, -0.15) is 0 Å². The van der Waals surface area contributed by atoms with Crippen LogP contribution in [0.1, 0.15) is 40.9 Å². The van der Waals surface area contributed by atoms with Crippen molar-refractivity contribution in [2.45, 2.75) is 56.7 Å². The number of amides is 4. The molecular formula is C32H37N5O5S. The molecule has 3 aromatic rings. The minimum atomic E-state index is -1.64. The average Bonchev–Trinajstić information content (AvgIpc) is 3.33. The van der Waals surface area contributed by atoms with Crippen LogP contribution in [0.25, 0.3) is 0 Å². The summed E-state index contributed by atoms with van der Waals surface area (Å²) in [6.45, 7) is 5.71. The van der Waals surface area contributed by atoms with E-state index in [1.807, 2.05) is 75.4 Å². The van der Waals surface area contributed by atoms with Crippen LogP contribution in [-0.4, -0.2) is 74.0 Å². The Kier molecular flexibility index (Phi) is 10.5. The maximum atomic E-state index is 13.8. The number of carbonyl (C=O) groups excluding carboxylic acids is 4. The average molecular weight is 604 g/mol. The Bertz CT molecular complexity index is 1440. The largest absolute Gasteiger partial charge is 0.381 e. The zero-order valence-electron chi connectivity index (χ0n) is 24.4. The Morgan fingerprint density at radius 1 is 1.00 bits per heavy atom. The molecule has 0 radical (unpaired) electrons. The van der Waals surface area contributed by atoms with Gasteiger partial charge in [-0.15, -0.1) is 11.8 Å². The lowest BCUT2D eigenvalue weighted by molar-refractivity contribution is -0.147. The second kappa shape index (κ2) is 14.3. The number of hydrogen-bond donors (Lipinski definition) is 4. The van der Waals surface area contributed by atoms with Crippen LogP contribution in [0, 0.1) is 6.92 Å². The highest BCUT2D eigenvalue weighted by Gasteiger charge is 2.49. The van der Waals surface area contributed by atoms with Gasteiger partial charge in [0.1, 0.15) is 6.04 Å². The lowest BCUT2D eigenvalue weighted by atomic mass is 9.97. The highest BCUT2D eigenvalue weighted by molar-refractivity contribution is 8.00. The van der Waals surface area contributed by atoms with E-state index in [2.05, 4.69) is 20.9 Å². The molecular weight excluding hydrogens is 566 g/mol. The van der Waals surface area contributed by atoms with Gasteiger partial charge in [0.05, 0.1) is 18.5 Å². The number of carbonyl (C=O) groups is 4. The fourth-order valence-electron chi connectivity index (χ4n) is 4.98. The monoisotopic (exact) mass is 603 g/mol. The summed E-state index contributed by atoms with van der Waals surface area (Å²) >= 11 is 1.45. The predicted molar refractivity (Wildman–Crippen MR) is 165 cm³/mol. The Morgan fingerprint density at radius 3 is 2.37 bits per heavy atom. The molecule has 1 aromatic heterocycles. The molecule has 1 fully saturated rings. The predicted octanol–water partition coefficient (Wildman–Crippen LogP) is 2.20. The number of aromatic nitrogens is 1. The number of thioether (sulfide) groups is 1. The van der Waals surface area contributed by atoms with Crippen LogP contribution in [-0.2, 0) is 27.3 Å². The molecule has 43 heavy (non-hydrogen) atoms. The molecule has 10 nitrogen and oxygen atoms in total. The van der Waals surface area contributed by atoms with Gasteiger partial charge in [0.15, 0.2) is 6.10 Å². The summed E-state index contributed by atoms with van der Waals surface area (Å²) in [7, 11) is 0. The van der Waals surface area contributed by atoms with Crippen LogP contribution < -0.4 is 16.0 Å². The molecule has 0 unspecified atom stereocenters. The maximum Gasteiger partial charge on any atom is 0.254 e. The normalized spacial score (nSPS) is 17.0. The van der Waals surface area contributed by atoms with E-state index in [-0.39, 0.29) is 24.7 Å². The fourth-order valence-corrected chi connectivity index (χ4v) is 6.12. The van der Waals surface area contributed by atoms with Crippen LogP contribution in [0.15, 0.2) is 79.1 Å². The van der Waals surface area contributed by atoms with Gasteiger partial charge in [0.2, 0.25) is 11.8 Å². The molecule has 4 amide bonds. The Morgan fingerprint density at radius 2 is 1.67 bits per heavy atom. The molecule has 1 saturated heterocycles. The van der Waals surface area contributed by atoms with E-state index < -0.39 is 40.7 Å². The number of aliphatic hydroxyl groups excluding tert-OH is 1. The zero-order chi connectivity index (χ0) is 31.0. The molecule has 0 saturated carbocycles. The van der Waals surface area contributed by atoms with Crippen LogP contribution in [0.2, 0.25) is 0 Å². The van der Waals surface area contributed by atoms with Crippen molar-refractivity contribution in [1.29, 1.82) is 0 Å². The summed E-state index contributed by atoms with van der Waals surface area (Å²) in [6, 6.07) is 18.1. The van der Waals surface area contributed by atoms with Crippen molar-refractivity contribution in [3.63, 3.8) is 0 Å². The first-order chi connectivity index (χ1) is 20.6.